The van der Waals surface area contributed by atoms with Crippen molar-refractivity contribution in [2.75, 3.05) is 31.7 Å². The van der Waals surface area contributed by atoms with Gasteiger partial charge >= 0.3 is 0 Å². The SMILES string of the molecule is CCCOc1cc(C)ccc1NC(C)CC1COCCN1. The first-order valence-corrected chi connectivity index (χ1v) is 8.00. The molecule has 0 bridgehead atoms. The van der Waals surface area contributed by atoms with Crippen LogP contribution in [0.1, 0.15) is 32.3 Å². The number of benzene rings is 1. The van der Waals surface area contributed by atoms with E-state index in [2.05, 4.69) is 49.6 Å². The summed E-state index contributed by atoms with van der Waals surface area (Å²) in [5, 5.41) is 7.07. The second-order valence-corrected chi connectivity index (χ2v) is 5.86. The van der Waals surface area contributed by atoms with Crippen molar-refractivity contribution in [1.82, 2.24) is 5.32 Å². The normalized spacial score (nSPS) is 20.0. The molecule has 4 heteroatoms. The van der Waals surface area contributed by atoms with Crippen LogP contribution < -0.4 is 15.4 Å². The van der Waals surface area contributed by atoms with Gasteiger partial charge in [-0.2, -0.15) is 0 Å². The average Bonchev–Trinajstić information content (AvgIpc) is 2.48. The van der Waals surface area contributed by atoms with Gasteiger partial charge in [-0.25, -0.2) is 0 Å². The number of anilines is 1. The monoisotopic (exact) mass is 292 g/mol. The zero-order valence-electron chi connectivity index (χ0n) is 13.4. The molecule has 1 fully saturated rings. The molecule has 4 nitrogen and oxygen atoms in total. The summed E-state index contributed by atoms with van der Waals surface area (Å²) in [7, 11) is 0. The third-order valence-corrected chi connectivity index (χ3v) is 3.64. The van der Waals surface area contributed by atoms with Crippen molar-refractivity contribution in [1.29, 1.82) is 0 Å². The lowest BCUT2D eigenvalue weighted by Crippen LogP contribution is -2.43. The maximum atomic E-state index is 5.86. The summed E-state index contributed by atoms with van der Waals surface area (Å²) < 4.78 is 11.4. The van der Waals surface area contributed by atoms with Gasteiger partial charge < -0.3 is 20.1 Å². The Balaban J connectivity index is 1.93. The quantitative estimate of drug-likeness (QED) is 0.811. The fraction of sp³-hybridized carbons (Fsp3) is 0.647. The molecule has 0 aromatic heterocycles. The largest absolute Gasteiger partial charge is 0.491 e. The molecule has 2 rings (SSSR count). The molecule has 21 heavy (non-hydrogen) atoms. The molecule has 2 atom stereocenters. The molecule has 1 aliphatic rings. The molecule has 1 heterocycles. The van der Waals surface area contributed by atoms with Crippen molar-refractivity contribution in [2.24, 2.45) is 0 Å². The number of hydrogen-bond donors (Lipinski definition) is 2. The van der Waals surface area contributed by atoms with Gasteiger partial charge in [0.1, 0.15) is 5.75 Å². The lowest BCUT2D eigenvalue weighted by molar-refractivity contribution is 0.0731. The number of rotatable bonds is 7. The molecule has 0 radical (unpaired) electrons. The van der Waals surface area contributed by atoms with E-state index in [1.165, 1.54) is 5.56 Å². The summed E-state index contributed by atoms with van der Waals surface area (Å²) in [6.45, 7) is 9.76. The van der Waals surface area contributed by atoms with Crippen molar-refractivity contribution < 1.29 is 9.47 Å². The first-order chi connectivity index (χ1) is 10.2. The molecule has 1 aliphatic heterocycles. The number of nitrogens with one attached hydrogen (secondary N) is 2. The lowest BCUT2D eigenvalue weighted by atomic mass is 10.1. The van der Waals surface area contributed by atoms with Crippen LogP contribution in [0.3, 0.4) is 0 Å². The summed E-state index contributed by atoms with van der Waals surface area (Å²) in [6, 6.07) is 7.15. The van der Waals surface area contributed by atoms with Crippen molar-refractivity contribution in [3.63, 3.8) is 0 Å². The zero-order chi connectivity index (χ0) is 15.1. The Morgan fingerprint density at radius 2 is 2.33 bits per heavy atom. The number of aryl methyl sites for hydroxylation is 1. The summed E-state index contributed by atoms with van der Waals surface area (Å²) in [6.07, 6.45) is 2.06. The van der Waals surface area contributed by atoms with Gasteiger partial charge in [0.25, 0.3) is 0 Å². The Morgan fingerprint density at radius 1 is 1.48 bits per heavy atom. The first-order valence-electron chi connectivity index (χ1n) is 8.00. The maximum Gasteiger partial charge on any atom is 0.142 e. The van der Waals surface area contributed by atoms with E-state index in [1.807, 2.05) is 0 Å². The van der Waals surface area contributed by atoms with Crippen LogP contribution in [0.2, 0.25) is 0 Å². The predicted molar refractivity (Wildman–Crippen MR) is 87.3 cm³/mol. The van der Waals surface area contributed by atoms with E-state index < -0.39 is 0 Å². The molecular formula is C17H28N2O2. The number of morpholine rings is 1. The van der Waals surface area contributed by atoms with E-state index in [9.17, 15) is 0 Å². The second-order valence-electron chi connectivity index (χ2n) is 5.86. The van der Waals surface area contributed by atoms with Crippen molar-refractivity contribution in [3.05, 3.63) is 23.8 Å². The van der Waals surface area contributed by atoms with Crippen LogP contribution >= 0.6 is 0 Å². The van der Waals surface area contributed by atoms with Crippen LogP contribution in [-0.4, -0.2) is 38.4 Å². The van der Waals surface area contributed by atoms with Crippen LogP contribution in [0.4, 0.5) is 5.69 Å². The molecule has 118 valence electrons. The molecule has 2 N–H and O–H groups in total. The summed E-state index contributed by atoms with van der Waals surface area (Å²) >= 11 is 0. The molecule has 0 saturated carbocycles. The molecule has 2 unspecified atom stereocenters. The number of ether oxygens (including phenoxy) is 2. The van der Waals surface area contributed by atoms with Gasteiger partial charge in [0.15, 0.2) is 0 Å². The van der Waals surface area contributed by atoms with Crippen LogP contribution in [0.5, 0.6) is 5.75 Å². The van der Waals surface area contributed by atoms with Gasteiger partial charge in [-0.05, 0) is 44.4 Å². The Hall–Kier alpha value is -1.26. The van der Waals surface area contributed by atoms with E-state index in [1.54, 1.807) is 0 Å². The van der Waals surface area contributed by atoms with E-state index in [0.29, 0.717) is 12.1 Å². The van der Waals surface area contributed by atoms with E-state index in [4.69, 9.17) is 9.47 Å². The van der Waals surface area contributed by atoms with Gasteiger partial charge in [0.05, 0.1) is 25.5 Å². The molecule has 0 amide bonds. The van der Waals surface area contributed by atoms with Gasteiger partial charge in [0.2, 0.25) is 0 Å². The number of hydrogen-bond acceptors (Lipinski definition) is 4. The standard InChI is InChI=1S/C17H28N2O2/c1-4-8-21-17-10-13(2)5-6-16(17)19-14(3)11-15-12-20-9-7-18-15/h5-6,10,14-15,18-19H,4,7-9,11-12H2,1-3H3. The smallest absolute Gasteiger partial charge is 0.142 e. The predicted octanol–water partition coefficient (Wildman–Crippen LogP) is 2.96. The molecule has 1 saturated heterocycles. The summed E-state index contributed by atoms with van der Waals surface area (Å²) in [5.41, 5.74) is 2.31. The average molecular weight is 292 g/mol. The third-order valence-electron chi connectivity index (χ3n) is 3.64. The van der Waals surface area contributed by atoms with E-state index in [-0.39, 0.29) is 0 Å². The van der Waals surface area contributed by atoms with Crippen molar-refractivity contribution >= 4 is 5.69 Å². The fourth-order valence-corrected chi connectivity index (χ4v) is 2.60. The Labute approximate surface area is 128 Å². The van der Waals surface area contributed by atoms with E-state index in [0.717, 1.165) is 50.6 Å². The minimum atomic E-state index is 0.371. The molecule has 0 aliphatic carbocycles. The highest BCUT2D eigenvalue weighted by Crippen LogP contribution is 2.27. The van der Waals surface area contributed by atoms with Crippen molar-refractivity contribution in [3.8, 4) is 5.75 Å². The lowest BCUT2D eigenvalue weighted by Gasteiger charge is -2.27. The first kappa shape index (κ1) is 16.1. The molecule has 1 aromatic carbocycles. The van der Waals surface area contributed by atoms with Gasteiger partial charge in [-0.1, -0.05) is 13.0 Å². The van der Waals surface area contributed by atoms with Crippen LogP contribution in [0.15, 0.2) is 18.2 Å². The van der Waals surface area contributed by atoms with Crippen LogP contribution in [-0.2, 0) is 4.74 Å². The molecular weight excluding hydrogens is 264 g/mol. The topological polar surface area (TPSA) is 42.5 Å². The Morgan fingerprint density at radius 3 is 3.05 bits per heavy atom. The zero-order valence-corrected chi connectivity index (χ0v) is 13.4. The summed E-state index contributed by atoms with van der Waals surface area (Å²) in [5.74, 6) is 0.955. The van der Waals surface area contributed by atoms with Gasteiger partial charge in [-0.15, -0.1) is 0 Å². The minimum Gasteiger partial charge on any atom is -0.491 e. The van der Waals surface area contributed by atoms with Crippen LogP contribution in [0, 0.1) is 6.92 Å². The molecule has 1 aromatic rings. The van der Waals surface area contributed by atoms with Crippen LogP contribution in [0.25, 0.3) is 0 Å². The third kappa shape index (κ3) is 5.21. The van der Waals surface area contributed by atoms with Gasteiger partial charge in [0, 0.05) is 18.6 Å². The minimum absolute atomic E-state index is 0.371. The molecule has 0 spiro atoms. The van der Waals surface area contributed by atoms with Crippen molar-refractivity contribution in [2.45, 2.75) is 45.7 Å². The highest BCUT2D eigenvalue weighted by molar-refractivity contribution is 5.58. The maximum absolute atomic E-state index is 5.86. The highest BCUT2D eigenvalue weighted by atomic mass is 16.5. The second kappa shape index (κ2) is 8.25. The van der Waals surface area contributed by atoms with E-state index >= 15 is 0 Å². The Bertz CT molecular complexity index is 431. The summed E-state index contributed by atoms with van der Waals surface area (Å²) in [4.78, 5) is 0. The highest BCUT2D eigenvalue weighted by Gasteiger charge is 2.17. The fourth-order valence-electron chi connectivity index (χ4n) is 2.60. The Kier molecular flexibility index (Phi) is 6.33. The van der Waals surface area contributed by atoms with Gasteiger partial charge in [-0.3, -0.25) is 0 Å².